The lowest BCUT2D eigenvalue weighted by molar-refractivity contribution is -0.155. The molecule has 1 atom stereocenters. The van der Waals surface area contributed by atoms with Crippen LogP contribution in [0, 0.1) is 5.82 Å². The van der Waals surface area contributed by atoms with Crippen molar-refractivity contribution in [2.45, 2.75) is 32.2 Å². The summed E-state index contributed by atoms with van der Waals surface area (Å²) in [6.07, 6.45) is 2.46. The van der Waals surface area contributed by atoms with Gasteiger partial charge in [-0.15, -0.1) is 0 Å². The molecule has 0 aliphatic carbocycles. The maximum Gasteiger partial charge on any atom is 0.317 e. The molecule has 0 saturated heterocycles. The van der Waals surface area contributed by atoms with Crippen molar-refractivity contribution in [3.05, 3.63) is 65.7 Å². The summed E-state index contributed by atoms with van der Waals surface area (Å²) < 4.78 is 25.6. The van der Waals surface area contributed by atoms with E-state index in [4.69, 9.17) is 9.47 Å². The zero-order chi connectivity index (χ0) is 25.9. The number of hydrogen-bond donors (Lipinski definition) is 1. The minimum Gasteiger partial charge on any atom is -0.493 e. The highest BCUT2D eigenvalue weighted by molar-refractivity contribution is 5.90. The Labute approximate surface area is 205 Å². The molecule has 3 aromatic heterocycles. The zero-order valence-electron chi connectivity index (χ0n) is 19.9. The maximum absolute atomic E-state index is 14.3. The number of hydrogen-bond acceptors (Lipinski definition) is 9. The van der Waals surface area contributed by atoms with Crippen LogP contribution in [0.1, 0.15) is 31.4 Å². The second kappa shape index (κ2) is 10.1. The van der Waals surface area contributed by atoms with Gasteiger partial charge in [-0.3, -0.25) is 9.59 Å². The number of pyridine rings is 1. The van der Waals surface area contributed by atoms with Gasteiger partial charge in [0.2, 0.25) is 5.88 Å². The zero-order valence-corrected chi connectivity index (χ0v) is 19.9. The molecular formula is C25H24FN5O5. The number of halogens is 1. The number of carbonyl (C=O) groups excluding carboxylic acids is 2. The highest BCUT2D eigenvalue weighted by atomic mass is 19.1. The summed E-state index contributed by atoms with van der Waals surface area (Å²) in [6.45, 7) is 3.27. The Balaban J connectivity index is 1.78. The highest BCUT2D eigenvalue weighted by Crippen LogP contribution is 2.36. The first-order valence-electron chi connectivity index (χ1n) is 11.1. The van der Waals surface area contributed by atoms with Crippen LogP contribution in [-0.4, -0.2) is 55.5 Å². The fourth-order valence-electron chi connectivity index (χ4n) is 3.88. The summed E-state index contributed by atoms with van der Waals surface area (Å²) in [5.74, 6) is -2.23. The summed E-state index contributed by atoms with van der Waals surface area (Å²) in [7, 11) is 1.20. The Morgan fingerprint density at radius 2 is 1.94 bits per heavy atom. The number of esters is 2. The van der Waals surface area contributed by atoms with E-state index in [-0.39, 0.29) is 36.8 Å². The van der Waals surface area contributed by atoms with Gasteiger partial charge >= 0.3 is 11.9 Å². The van der Waals surface area contributed by atoms with Gasteiger partial charge in [-0.25, -0.2) is 19.0 Å². The molecule has 186 valence electrons. The molecule has 0 fully saturated rings. The molecule has 0 radical (unpaired) electrons. The molecule has 36 heavy (non-hydrogen) atoms. The van der Waals surface area contributed by atoms with E-state index in [1.54, 1.807) is 43.5 Å². The Kier molecular flexibility index (Phi) is 6.91. The van der Waals surface area contributed by atoms with E-state index in [1.807, 2.05) is 0 Å². The number of rotatable bonds is 8. The molecule has 0 saturated carbocycles. The minimum absolute atomic E-state index is 0.00307. The second-order valence-corrected chi connectivity index (χ2v) is 8.21. The van der Waals surface area contributed by atoms with Crippen molar-refractivity contribution in [2.24, 2.45) is 0 Å². The van der Waals surface area contributed by atoms with E-state index in [9.17, 15) is 19.1 Å². The summed E-state index contributed by atoms with van der Waals surface area (Å²) >= 11 is 0. The van der Waals surface area contributed by atoms with Gasteiger partial charge in [0.15, 0.2) is 11.5 Å². The predicted octanol–water partition coefficient (Wildman–Crippen LogP) is 3.17. The third-order valence-electron chi connectivity index (χ3n) is 5.81. The number of nitrogens with zero attached hydrogens (tertiary/aromatic N) is 5. The van der Waals surface area contributed by atoms with Crippen LogP contribution in [0.5, 0.6) is 5.88 Å². The molecular weight excluding hydrogens is 469 g/mol. The third-order valence-corrected chi connectivity index (χ3v) is 5.81. The van der Waals surface area contributed by atoms with E-state index in [2.05, 4.69) is 20.1 Å². The number of benzene rings is 1. The van der Waals surface area contributed by atoms with E-state index in [1.165, 1.54) is 31.0 Å². The van der Waals surface area contributed by atoms with Crippen molar-refractivity contribution >= 4 is 23.0 Å². The molecule has 1 unspecified atom stereocenters. The van der Waals surface area contributed by atoms with Crippen molar-refractivity contribution in [1.29, 1.82) is 0 Å². The number of aromatic hydroxyl groups is 1. The quantitative estimate of drug-likeness (QED) is 0.368. The maximum atomic E-state index is 14.3. The average molecular weight is 493 g/mol. The Morgan fingerprint density at radius 1 is 1.17 bits per heavy atom. The van der Waals surface area contributed by atoms with Crippen LogP contribution in [0.3, 0.4) is 0 Å². The molecule has 1 aromatic carbocycles. The Hall–Kier alpha value is -4.41. The molecule has 0 aliphatic heterocycles. The third kappa shape index (κ3) is 4.59. The summed E-state index contributed by atoms with van der Waals surface area (Å²) in [5, 5.41) is 16.0. The van der Waals surface area contributed by atoms with Crippen LogP contribution in [0.2, 0.25) is 0 Å². The van der Waals surface area contributed by atoms with E-state index >= 15 is 0 Å². The summed E-state index contributed by atoms with van der Waals surface area (Å²) in [6, 6.07) is 9.82. The van der Waals surface area contributed by atoms with Crippen molar-refractivity contribution < 1.29 is 28.6 Å². The molecule has 4 rings (SSSR count). The second-order valence-electron chi connectivity index (χ2n) is 8.21. The van der Waals surface area contributed by atoms with Crippen molar-refractivity contribution in [3.8, 4) is 17.4 Å². The molecule has 0 spiro atoms. The largest absolute Gasteiger partial charge is 0.493 e. The van der Waals surface area contributed by atoms with Crippen LogP contribution < -0.4 is 0 Å². The summed E-state index contributed by atoms with van der Waals surface area (Å²) in [4.78, 5) is 37.7. The van der Waals surface area contributed by atoms with Gasteiger partial charge in [0, 0.05) is 18.0 Å². The average Bonchev–Trinajstić information content (AvgIpc) is 3.23. The number of methoxy groups -OCH3 is 1. The lowest BCUT2D eigenvalue weighted by Gasteiger charge is -2.26. The van der Waals surface area contributed by atoms with Gasteiger partial charge in [-0.05, 0) is 32.0 Å². The fraction of sp³-hybridized carbons (Fsp3) is 0.280. The first kappa shape index (κ1) is 24.7. The van der Waals surface area contributed by atoms with E-state index < -0.39 is 23.2 Å². The van der Waals surface area contributed by atoms with Gasteiger partial charge < -0.3 is 14.6 Å². The smallest absolute Gasteiger partial charge is 0.317 e. The first-order chi connectivity index (χ1) is 17.3. The van der Waals surface area contributed by atoms with Crippen molar-refractivity contribution in [1.82, 2.24) is 24.7 Å². The van der Waals surface area contributed by atoms with E-state index in [0.717, 1.165) is 0 Å². The number of carbonyl (C=O) groups is 2. The van der Waals surface area contributed by atoms with Gasteiger partial charge in [-0.2, -0.15) is 10.1 Å². The van der Waals surface area contributed by atoms with Crippen LogP contribution >= 0.6 is 0 Å². The van der Waals surface area contributed by atoms with Crippen LogP contribution in [-0.2, 0) is 31.0 Å². The number of aromatic nitrogens is 5. The standard InChI is InChI=1S/C25H24FN5O5/c1-4-36-24(34)25(2,12-19(32)35-3)17-13-28-21(29-23(17)33)20-16-9-7-11-27-22(16)31(30-20)14-15-8-5-6-10-18(15)26/h5-11,13H,4,12,14H2,1-3H3,(H,28,29,33). The van der Waals surface area contributed by atoms with Gasteiger partial charge in [-0.1, -0.05) is 18.2 Å². The van der Waals surface area contributed by atoms with Crippen LogP contribution in [0.25, 0.3) is 22.6 Å². The normalized spacial score (nSPS) is 12.8. The van der Waals surface area contributed by atoms with Crippen molar-refractivity contribution in [2.75, 3.05) is 13.7 Å². The molecule has 11 heteroatoms. The lowest BCUT2D eigenvalue weighted by atomic mass is 9.80. The van der Waals surface area contributed by atoms with E-state index in [0.29, 0.717) is 22.3 Å². The molecule has 0 aliphatic rings. The molecule has 4 aromatic rings. The highest BCUT2D eigenvalue weighted by Gasteiger charge is 2.42. The van der Waals surface area contributed by atoms with Crippen LogP contribution in [0.15, 0.2) is 48.8 Å². The lowest BCUT2D eigenvalue weighted by Crippen LogP contribution is -2.37. The Bertz CT molecular complexity index is 1440. The Morgan fingerprint density at radius 3 is 2.64 bits per heavy atom. The SMILES string of the molecule is CCOC(=O)C(C)(CC(=O)OC)c1cnc(-c2nn(Cc3ccccc3F)c3ncccc23)nc1O. The fourth-order valence-corrected chi connectivity index (χ4v) is 3.88. The minimum atomic E-state index is -1.58. The predicted molar refractivity (Wildman–Crippen MR) is 126 cm³/mol. The van der Waals surface area contributed by atoms with Crippen LogP contribution in [0.4, 0.5) is 4.39 Å². The first-order valence-corrected chi connectivity index (χ1v) is 11.1. The van der Waals surface area contributed by atoms with Crippen molar-refractivity contribution in [3.63, 3.8) is 0 Å². The molecule has 1 N–H and O–H groups in total. The topological polar surface area (TPSA) is 129 Å². The number of ether oxygens (including phenoxy) is 2. The molecule has 3 heterocycles. The number of fused-ring (bicyclic) bond motifs is 1. The van der Waals surface area contributed by atoms with Gasteiger partial charge in [0.1, 0.15) is 16.9 Å². The molecule has 10 nitrogen and oxygen atoms in total. The summed E-state index contributed by atoms with van der Waals surface area (Å²) in [5.41, 5.74) is -0.374. The van der Waals surface area contributed by atoms with Gasteiger partial charge in [0.05, 0.1) is 37.6 Å². The monoisotopic (exact) mass is 493 g/mol. The van der Waals surface area contributed by atoms with Gasteiger partial charge in [0.25, 0.3) is 0 Å². The molecule has 0 bridgehead atoms. The molecule has 0 amide bonds.